The van der Waals surface area contributed by atoms with Gasteiger partial charge in [-0.15, -0.1) is 0 Å². The fraction of sp³-hybridized carbons (Fsp3) is 0.769. The van der Waals surface area contributed by atoms with Crippen LogP contribution in [0.4, 0.5) is 4.39 Å². The van der Waals surface area contributed by atoms with Crippen molar-refractivity contribution in [1.29, 1.82) is 0 Å². The molecule has 0 radical (unpaired) electrons. The second kappa shape index (κ2) is 4.91. The maximum absolute atomic E-state index is 12.3. The van der Waals surface area contributed by atoms with E-state index in [2.05, 4.69) is 0 Å². The largest absolute Gasteiger partial charge is 0.490 e. The zero-order valence-electron chi connectivity index (χ0n) is 12.0. The highest BCUT2D eigenvalue weighted by atomic mass is 19.1. The van der Waals surface area contributed by atoms with Crippen LogP contribution in [0.15, 0.2) is 11.5 Å². The summed E-state index contributed by atoms with van der Waals surface area (Å²) in [6.07, 6.45) is 2.59. The summed E-state index contributed by atoms with van der Waals surface area (Å²) in [5, 5.41) is 0. The first-order valence-corrected chi connectivity index (χ1v) is 6.65. The van der Waals surface area contributed by atoms with E-state index in [1.54, 1.807) is 0 Å². The Kier molecular flexibility index (Phi) is 3.75. The van der Waals surface area contributed by atoms with E-state index in [1.807, 2.05) is 33.8 Å². The minimum absolute atomic E-state index is 0.354. The Bertz CT molecular complexity index is 393. The molecule has 0 spiro atoms. The van der Waals surface area contributed by atoms with Crippen LogP contribution in [-0.4, -0.2) is 48.9 Å². The Hall–Kier alpha value is -0.875. The summed E-state index contributed by atoms with van der Waals surface area (Å²) in [5.74, 6) is -0.454. The normalized spacial score (nSPS) is 25.4. The van der Waals surface area contributed by atoms with Gasteiger partial charge in [0.1, 0.15) is 0 Å². The van der Waals surface area contributed by atoms with Crippen molar-refractivity contribution in [1.82, 2.24) is 4.90 Å². The summed E-state index contributed by atoms with van der Waals surface area (Å²) in [5.41, 5.74) is 0.330. The number of carbonyl (C=O) groups excluding carboxylic acids is 1. The lowest BCUT2D eigenvalue weighted by atomic mass is 9.75. The van der Waals surface area contributed by atoms with Crippen LogP contribution in [0, 0.1) is 0 Å². The van der Waals surface area contributed by atoms with Crippen LogP contribution in [0.1, 0.15) is 34.1 Å². The average molecular weight is 269 g/mol. The third-order valence-electron chi connectivity index (χ3n) is 4.27. The van der Waals surface area contributed by atoms with E-state index in [4.69, 9.17) is 9.31 Å². The molecule has 0 unspecified atom stereocenters. The number of hydrogen-bond acceptors (Lipinski definition) is 3. The maximum atomic E-state index is 12.3. The van der Waals surface area contributed by atoms with Gasteiger partial charge in [-0.2, -0.15) is 0 Å². The molecule has 0 aliphatic carbocycles. The third-order valence-corrected chi connectivity index (χ3v) is 4.27. The van der Waals surface area contributed by atoms with E-state index >= 15 is 0 Å². The molecule has 0 bridgehead atoms. The number of halogens is 1. The van der Waals surface area contributed by atoms with Crippen LogP contribution in [-0.2, 0) is 14.1 Å². The van der Waals surface area contributed by atoms with E-state index in [0.29, 0.717) is 19.5 Å². The van der Waals surface area contributed by atoms with Crippen LogP contribution in [0.5, 0.6) is 0 Å². The Morgan fingerprint density at radius 1 is 1.37 bits per heavy atom. The predicted octanol–water partition coefficient (Wildman–Crippen LogP) is 1.75. The van der Waals surface area contributed by atoms with Crippen molar-refractivity contribution in [2.24, 2.45) is 0 Å². The first-order chi connectivity index (χ1) is 8.77. The molecule has 4 nitrogen and oxygen atoms in total. The molecule has 0 atom stereocenters. The molecule has 106 valence electrons. The van der Waals surface area contributed by atoms with Gasteiger partial charge < -0.3 is 14.2 Å². The Morgan fingerprint density at radius 3 is 2.37 bits per heavy atom. The zero-order valence-corrected chi connectivity index (χ0v) is 12.0. The van der Waals surface area contributed by atoms with E-state index in [1.165, 1.54) is 4.90 Å². The van der Waals surface area contributed by atoms with Gasteiger partial charge in [0.25, 0.3) is 5.91 Å². The van der Waals surface area contributed by atoms with Crippen molar-refractivity contribution in [3.8, 4) is 0 Å². The Balaban J connectivity index is 2.03. The summed E-state index contributed by atoms with van der Waals surface area (Å²) in [4.78, 5) is 12.8. The molecule has 6 heteroatoms. The molecule has 2 aliphatic heterocycles. The molecule has 0 N–H and O–H groups in total. The molecule has 2 heterocycles. The van der Waals surface area contributed by atoms with Crippen molar-refractivity contribution in [3.63, 3.8) is 0 Å². The smallest absolute Gasteiger partial charge is 0.400 e. The second-order valence-electron chi connectivity index (χ2n) is 6.09. The molecule has 0 aromatic heterocycles. The minimum Gasteiger partial charge on any atom is -0.400 e. The molecule has 2 aliphatic rings. The molecular weight excluding hydrogens is 248 g/mol. The standard InChI is InChI=1S/C13H21BFNO3/c1-12(2)13(3,4)19-14(18-12)10-5-7-16(8-6-10)11(17)9-15/h5H,6-9H2,1-4H3. The lowest BCUT2D eigenvalue weighted by Crippen LogP contribution is -2.41. The number of rotatable bonds is 2. The summed E-state index contributed by atoms with van der Waals surface area (Å²) in [6.45, 7) is 8.07. The molecule has 0 saturated carbocycles. The first-order valence-electron chi connectivity index (χ1n) is 6.65. The quantitative estimate of drug-likeness (QED) is 0.717. The van der Waals surface area contributed by atoms with Crippen molar-refractivity contribution < 1.29 is 18.5 Å². The number of carbonyl (C=O) groups is 1. The van der Waals surface area contributed by atoms with Crippen LogP contribution in [0.3, 0.4) is 0 Å². The molecule has 19 heavy (non-hydrogen) atoms. The highest BCUT2D eigenvalue weighted by molar-refractivity contribution is 6.54. The SMILES string of the molecule is CC1(C)OB(C2=CCN(C(=O)CF)CC2)OC1(C)C. The number of hydrogen-bond donors (Lipinski definition) is 0. The fourth-order valence-corrected chi connectivity index (χ4v) is 2.20. The first kappa shape index (κ1) is 14.5. The highest BCUT2D eigenvalue weighted by Gasteiger charge is 2.52. The lowest BCUT2D eigenvalue weighted by Gasteiger charge is -2.32. The summed E-state index contributed by atoms with van der Waals surface area (Å²) in [6, 6.07) is 0. The van der Waals surface area contributed by atoms with Gasteiger partial charge in [0.2, 0.25) is 0 Å². The van der Waals surface area contributed by atoms with E-state index in [0.717, 1.165) is 5.47 Å². The predicted molar refractivity (Wildman–Crippen MR) is 71.3 cm³/mol. The van der Waals surface area contributed by atoms with Gasteiger partial charge in [-0.3, -0.25) is 4.79 Å². The molecule has 1 saturated heterocycles. The zero-order chi connectivity index (χ0) is 14.3. The monoisotopic (exact) mass is 269 g/mol. The maximum Gasteiger partial charge on any atom is 0.490 e. The van der Waals surface area contributed by atoms with Crippen molar-refractivity contribution in [2.75, 3.05) is 19.8 Å². The van der Waals surface area contributed by atoms with Gasteiger partial charge >= 0.3 is 7.12 Å². The summed E-state index contributed by atoms with van der Waals surface area (Å²) in [7, 11) is -0.354. The summed E-state index contributed by atoms with van der Waals surface area (Å²) < 4.78 is 24.2. The van der Waals surface area contributed by atoms with Crippen molar-refractivity contribution >= 4 is 13.0 Å². The van der Waals surface area contributed by atoms with Crippen LogP contribution in [0.2, 0.25) is 0 Å². The van der Waals surface area contributed by atoms with Gasteiger partial charge in [-0.05, 0) is 39.6 Å². The van der Waals surface area contributed by atoms with E-state index < -0.39 is 12.6 Å². The molecule has 0 aromatic carbocycles. The molecular formula is C13H21BFNO3. The van der Waals surface area contributed by atoms with Gasteiger partial charge in [-0.25, -0.2) is 4.39 Å². The molecule has 1 fully saturated rings. The molecule has 2 rings (SSSR count). The second-order valence-corrected chi connectivity index (χ2v) is 6.09. The Labute approximate surface area is 114 Å². The van der Waals surface area contributed by atoms with Crippen molar-refractivity contribution in [3.05, 3.63) is 11.5 Å². The number of nitrogens with zero attached hydrogens (tertiary/aromatic N) is 1. The van der Waals surface area contributed by atoms with Gasteiger partial charge in [0, 0.05) is 13.1 Å². The molecule has 1 amide bonds. The van der Waals surface area contributed by atoms with Crippen LogP contribution >= 0.6 is 0 Å². The van der Waals surface area contributed by atoms with E-state index in [9.17, 15) is 9.18 Å². The number of amides is 1. The minimum atomic E-state index is -0.931. The average Bonchev–Trinajstić information content (AvgIpc) is 2.58. The van der Waals surface area contributed by atoms with Crippen molar-refractivity contribution in [2.45, 2.75) is 45.3 Å². The van der Waals surface area contributed by atoms with Gasteiger partial charge in [0.15, 0.2) is 6.67 Å². The van der Waals surface area contributed by atoms with Gasteiger partial charge in [0.05, 0.1) is 11.2 Å². The summed E-state index contributed by atoms with van der Waals surface area (Å²) >= 11 is 0. The van der Waals surface area contributed by atoms with Gasteiger partial charge in [-0.1, -0.05) is 6.08 Å². The van der Waals surface area contributed by atoms with Crippen LogP contribution < -0.4 is 0 Å². The topological polar surface area (TPSA) is 38.8 Å². The highest BCUT2D eigenvalue weighted by Crippen LogP contribution is 2.39. The Morgan fingerprint density at radius 2 is 1.95 bits per heavy atom. The fourth-order valence-electron chi connectivity index (χ4n) is 2.20. The van der Waals surface area contributed by atoms with E-state index in [-0.39, 0.29) is 18.3 Å². The van der Waals surface area contributed by atoms with Crippen LogP contribution in [0.25, 0.3) is 0 Å². The third kappa shape index (κ3) is 2.70. The lowest BCUT2D eigenvalue weighted by molar-refractivity contribution is -0.131. The number of alkyl halides is 1. The molecule has 0 aromatic rings.